The Morgan fingerprint density at radius 1 is 1.19 bits per heavy atom. The van der Waals surface area contributed by atoms with Crippen molar-refractivity contribution in [3.63, 3.8) is 0 Å². The molecule has 1 aliphatic rings. The predicted octanol–water partition coefficient (Wildman–Crippen LogP) is 3.46. The van der Waals surface area contributed by atoms with Crippen molar-refractivity contribution in [2.45, 2.75) is 12.5 Å². The summed E-state index contributed by atoms with van der Waals surface area (Å²) in [5, 5.41) is 4.33. The zero-order valence-electron chi connectivity index (χ0n) is 11.8. The molecule has 2 heterocycles. The molecule has 2 aromatic carbocycles. The van der Waals surface area contributed by atoms with Crippen LogP contribution >= 0.6 is 11.6 Å². The largest absolute Gasteiger partial charge is 0.328 e. The van der Waals surface area contributed by atoms with Gasteiger partial charge in [0.25, 0.3) is 0 Å². The number of rotatable bonds is 1. The van der Waals surface area contributed by atoms with E-state index in [-0.39, 0.29) is 6.04 Å². The van der Waals surface area contributed by atoms with E-state index in [1.54, 1.807) is 0 Å². The van der Waals surface area contributed by atoms with Gasteiger partial charge in [0.1, 0.15) is 5.82 Å². The first kappa shape index (κ1) is 12.9. The summed E-state index contributed by atoms with van der Waals surface area (Å²) in [6, 6.07) is 14.6. The van der Waals surface area contributed by atoms with Crippen molar-refractivity contribution in [2.75, 3.05) is 6.54 Å². The second-order valence-electron chi connectivity index (χ2n) is 5.47. The molecule has 1 N–H and O–H groups in total. The molecule has 21 heavy (non-hydrogen) atoms. The highest BCUT2D eigenvalue weighted by Gasteiger charge is 2.25. The molecule has 4 rings (SSSR count). The van der Waals surface area contributed by atoms with Gasteiger partial charge in [-0.2, -0.15) is 0 Å². The molecule has 0 radical (unpaired) electrons. The smallest absolute Gasteiger partial charge is 0.131 e. The van der Waals surface area contributed by atoms with Gasteiger partial charge in [0.05, 0.1) is 22.1 Å². The Bertz CT molecular complexity index is 822. The molecular formula is C17H16ClN3. The van der Waals surface area contributed by atoms with Gasteiger partial charge in [-0.15, -0.1) is 0 Å². The van der Waals surface area contributed by atoms with E-state index in [9.17, 15) is 0 Å². The maximum absolute atomic E-state index is 6.33. The number of aryl methyl sites for hydroxylation is 1. The minimum absolute atomic E-state index is 0.128. The SMILES string of the molecule is Cn1c(C2NCCc3ccccc32)nc2cccc(Cl)c21. The van der Waals surface area contributed by atoms with Crippen LogP contribution in [0.25, 0.3) is 11.0 Å². The van der Waals surface area contributed by atoms with E-state index in [0.29, 0.717) is 0 Å². The minimum Gasteiger partial charge on any atom is -0.328 e. The average molecular weight is 298 g/mol. The van der Waals surface area contributed by atoms with Crippen LogP contribution < -0.4 is 5.32 Å². The molecule has 0 spiro atoms. The first-order valence-corrected chi connectivity index (χ1v) is 7.55. The summed E-state index contributed by atoms with van der Waals surface area (Å²) in [7, 11) is 2.04. The highest BCUT2D eigenvalue weighted by molar-refractivity contribution is 6.35. The third-order valence-electron chi connectivity index (χ3n) is 4.25. The number of imidazole rings is 1. The fourth-order valence-corrected chi connectivity index (χ4v) is 3.53. The molecule has 1 atom stereocenters. The van der Waals surface area contributed by atoms with Gasteiger partial charge in [-0.1, -0.05) is 41.9 Å². The topological polar surface area (TPSA) is 29.9 Å². The second-order valence-corrected chi connectivity index (χ2v) is 5.88. The lowest BCUT2D eigenvalue weighted by atomic mass is 9.94. The van der Waals surface area contributed by atoms with Gasteiger partial charge in [0, 0.05) is 13.6 Å². The zero-order valence-corrected chi connectivity index (χ0v) is 12.6. The molecule has 1 aliphatic heterocycles. The van der Waals surface area contributed by atoms with Crippen LogP contribution in [0.15, 0.2) is 42.5 Å². The Morgan fingerprint density at radius 2 is 2.05 bits per heavy atom. The summed E-state index contributed by atoms with van der Waals surface area (Å²) >= 11 is 6.33. The van der Waals surface area contributed by atoms with Gasteiger partial charge >= 0.3 is 0 Å². The number of fused-ring (bicyclic) bond motifs is 2. The zero-order chi connectivity index (χ0) is 14.4. The molecule has 3 aromatic rings. The van der Waals surface area contributed by atoms with Crippen molar-refractivity contribution < 1.29 is 0 Å². The van der Waals surface area contributed by atoms with Crippen LogP contribution in [0.1, 0.15) is 23.0 Å². The number of benzene rings is 2. The quantitative estimate of drug-likeness (QED) is 0.745. The average Bonchev–Trinajstić information content (AvgIpc) is 2.85. The predicted molar refractivity (Wildman–Crippen MR) is 85.7 cm³/mol. The van der Waals surface area contributed by atoms with Gasteiger partial charge in [-0.3, -0.25) is 0 Å². The second kappa shape index (κ2) is 4.86. The molecular weight excluding hydrogens is 282 g/mol. The minimum atomic E-state index is 0.128. The summed E-state index contributed by atoms with van der Waals surface area (Å²) in [5.41, 5.74) is 4.67. The van der Waals surface area contributed by atoms with Crippen LogP contribution in [0.4, 0.5) is 0 Å². The molecule has 106 valence electrons. The molecule has 3 nitrogen and oxygen atoms in total. The van der Waals surface area contributed by atoms with Crippen LogP contribution in [-0.2, 0) is 13.5 Å². The van der Waals surface area contributed by atoms with Crippen molar-refractivity contribution in [3.8, 4) is 0 Å². The van der Waals surface area contributed by atoms with Crippen molar-refractivity contribution >= 4 is 22.6 Å². The fourth-order valence-electron chi connectivity index (χ4n) is 3.23. The van der Waals surface area contributed by atoms with Crippen molar-refractivity contribution in [2.24, 2.45) is 7.05 Å². The highest BCUT2D eigenvalue weighted by atomic mass is 35.5. The van der Waals surface area contributed by atoms with Gasteiger partial charge in [-0.25, -0.2) is 4.98 Å². The molecule has 0 aliphatic carbocycles. The van der Waals surface area contributed by atoms with E-state index < -0.39 is 0 Å². The maximum Gasteiger partial charge on any atom is 0.131 e. The van der Waals surface area contributed by atoms with E-state index in [1.807, 2.05) is 25.2 Å². The Hall–Kier alpha value is -1.84. The Morgan fingerprint density at radius 3 is 2.90 bits per heavy atom. The van der Waals surface area contributed by atoms with Crippen LogP contribution in [-0.4, -0.2) is 16.1 Å². The summed E-state index contributed by atoms with van der Waals surface area (Å²) in [5.74, 6) is 1.02. The number of hydrogen-bond donors (Lipinski definition) is 1. The lowest BCUT2D eigenvalue weighted by molar-refractivity contribution is 0.532. The number of hydrogen-bond acceptors (Lipinski definition) is 2. The Labute approximate surface area is 128 Å². The van der Waals surface area contributed by atoms with Gasteiger partial charge in [-0.05, 0) is 29.7 Å². The van der Waals surface area contributed by atoms with E-state index >= 15 is 0 Å². The molecule has 1 unspecified atom stereocenters. The van der Waals surface area contributed by atoms with Crippen LogP contribution in [0.2, 0.25) is 5.02 Å². The molecule has 1 aromatic heterocycles. The number of aromatic nitrogens is 2. The standard InChI is InChI=1S/C17H16ClN3/c1-21-16-13(18)7-4-8-14(16)20-17(21)15-12-6-3-2-5-11(12)9-10-19-15/h2-8,15,19H,9-10H2,1H3. The van der Waals surface area contributed by atoms with Crippen molar-refractivity contribution in [1.29, 1.82) is 0 Å². The number of halogens is 1. The van der Waals surface area contributed by atoms with Gasteiger partial charge < -0.3 is 9.88 Å². The van der Waals surface area contributed by atoms with E-state index in [2.05, 4.69) is 34.1 Å². The summed E-state index contributed by atoms with van der Waals surface area (Å²) in [6.45, 7) is 0.971. The first-order chi connectivity index (χ1) is 10.3. The van der Waals surface area contributed by atoms with E-state index in [0.717, 1.165) is 34.8 Å². The molecule has 0 amide bonds. The van der Waals surface area contributed by atoms with Gasteiger partial charge in [0.15, 0.2) is 0 Å². The van der Waals surface area contributed by atoms with Crippen LogP contribution in [0.3, 0.4) is 0 Å². The lowest BCUT2D eigenvalue weighted by Gasteiger charge is -2.26. The Kier molecular flexibility index (Phi) is 2.98. The molecule has 0 fully saturated rings. The van der Waals surface area contributed by atoms with Gasteiger partial charge in [0.2, 0.25) is 0 Å². The van der Waals surface area contributed by atoms with Crippen molar-refractivity contribution in [1.82, 2.24) is 14.9 Å². The van der Waals surface area contributed by atoms with Crippen LogP contribution in [0.5, 0.6) is 0 Å². The summed E-state index contributed by atoms with van der Waals surface area (Å²) in [6.07, 6.45) is 1.07. The number of nitrogens with zero attached hydrogens (tertiary/aromatic N) is 2. The molecule has 4 heteroatoms. The summed E-state index contributed by atoms with van der Waals surface area (Å²) < 4.78 is 2.11. The lowest BCUT2D eigenvalue weighted by Crippen LogP contribution is -2.32. The fraction of sp³-hybridized carbons (Fsp3) is 0.235. The maximum atomic E-state index is 6.33. The van der Waals surface area contributed by atoms with Crippen molar-refractivity contribution in [3.05, 3.63) is 64.4 Å². The third-order valence-corrected chi connectivity index (χ3v) is 4.55. The highest BCUT2D eigenvalue weighted by Crippen LogP contribution is 2.31. The Balaban J connectivity index is 1.92. The van der Waals surface area contributed by atoms with Crippen LogP contribution in [0, 0.1) is 0 Å². The number of para-hydroxylation sites is 1. The third kappa shape index (κ3) is 1.96. The molecule has 0 bridgehead atoms. The van der Waals surface area contributed by atoms with E-state index in [4.69, 9.17) is 16.6 Å². The van der Waals surface area contributed by atoms with E-state index in [1.165, 1.54) is 11.1 Å². The summed E-state index contributed by atoms with van der Waals surface area (Å²) in [4.78, 5) is 4.81. The number of nitrogens with one attached hydrogen (secondary N) is 1. The first-order valence-electron chi connectivity index (χ1n) is 7.18. The normalized spacial score (nSPS) is 17.9. The molecule has 0 saturated carbocycles. The molecule has 0 saturated heterocycles. The monoisotopic (exact) mass is 297 g/mol.